The highest BCUT2D eigenvalue weighted by Crippen LogP contribution is 2.28. The first-order chi connectivity index (χ1) is 7.93. The zero-order valence-corrected chi connectivity index (χ0v) is 9.27. The second kappa shape index (κ2) is 4.08. The summed E-state index contributed by atoms with van der Waals surface area (Å²) < 4.78 is 19.7. The van der Waals surface area contributed by atoms with Gasteiger partial charge in [-0.05, 0) is 19.8 Å². The molecule has 0 saturated carbocycles. The number of nitrogens with one attached hydrogen (secondary N) is 1. The highest BCUT2D eigenvalue weighted by Gasteiger charge is 2.43. The lowest BCUT2D eigenvalue weighted by Gasteiger charge is -2.26. The van der Waals surface area contributed by atoms with Crippen LogP contribution in [0.1, 0.15) is 18.4 Å². The van der Waals surface area contributed by atoms with Gasteiger partial charge in [-0.2, -0.15) is 4.39 Å². The molecule has 94 valence electrons. The first-order valence-electron chi connectivity index (χ1n) is 5.29. The Labute approximate surface area is 95.7 Å². The predicted octanol–water partition coefficient (Wildman–Crippen LogP) is -0.404. The molecule has 17 heavy (non-hydrogen) atoms. The Hall–Kier alpha value is -1.47. The van der Waals surface area contributed by atoms with Crippen LogP contribution < -0.4 is 11.2 Å². The van der Waals surface area contributed by atoms with Crippen LogP contribution in [0.25, 0.3) is 0 Å². The summed E-state index contributed by atoms with van der Waals surface area (Å²) in [6.07, 6.45) is 0.833. The van der Waals surface area contributed by atoms with Gasteiger partial charge < -0.3 is 9.84 Å². The molecular formula is C10H13FN2O4. The molecule has 6 nitrogen and oxygen atoms in total. The van der Waals surface area contributed by atoms with Crippen LogP contribution in [0, 0.1) is 6.92 Å². The summed E-state index contributed by atoms with van der Waals surface area (Å²) in [6, 6.07) is 0. The Bertz CT molecular complexity index is 528. The number of alkyl halides is 1. The average Bonchev–Trinajstić information content (AvgIpc) is 2.77. The van der Waals surface area contributed by atoms with Crippen molar-refractivity contribution in [1.82, 2.24) is 9.55 Å². The van der Waals surface area contributed by atoms with Crippen LogP contribution in [-0.2, 0) is 10.7 Å². The number of aromatic amines is 1. The molecule has 7 heteroatoms. The predicted molar refractivity (Wildman–Crippen MR) is 56.3 cm³/mol. The Balaban J connectivity index is 2.48. The van der Waals surface area contributed by atoms with E-state index >= 15 is 0 Å². The number of aryl methyl sites for hydroxylation is 1. The molecule has 2 rings (SSSR count). The van der Waals surface area contributed by atoms with Crippen LogP contribution >= 0.6 is 0 Å². The molecule has 2 N–H and O–H groups in total. The van der Waals surface area contributed by atoms with E-state index in [1.165, 1.54) is 6.92 Å². The van der Waals surface area contributed by atoms with Gasteiger partial charge in [-0.1, -0.05) is 0 Å². The molecule has 1 aromatic heterocycles. The van der Waals surface area contributed by atoms with Crippen LogP contribution in [-0.4, -0.2) is 27.4 Å². The lowest BCUT2D eigenvalue weighted by Crippen LogP contribution is -2.48. The van der Waals surface area contributed by atoms with Crippen molar-refractivity contribution in [3.8, 4) is 0 Å². The van der Waals surface area contributed by atoms with Gasteiger partial charge in [0.15, 0.2) is 0 Å². The minimum absolute atomic E-state index is 0.138. The molecule has 1 aliphatic heterocycles. The van der Waals surface area contributed by atoms with E-state index in [4.69, 9.17) is 4.74 Å². The van der Waals surface area contributed by atoms with E-state index < -0.39 is 23.3 Å². The number of halogens is 1. The summed E-state index contributed by atoms with van der Waals surface area (Å²) in [5.74, 6) is -2.94. The molecule has 0 aromatic carbocycles. The third-order valence-electron chi connectivity index (χ3n) is 2.80. The van der Waals surface area contributed by atoms with Crippen molar-refractivity contribution in [3.63, 3.8) is 0 Å². The second-order valence-electron chi connectivity index (χ2n) is 4.08. The molecule has 1 fully saturated rings. The van der Waals surface area contributed by atoms with Gasteiger partial charge in [-0.15, -0.1) is 0 Å². The van der Waals surface area contributed by atoms with Crippen LogP contribution in [0.15, 0.2) is 15.8 Å². The van der Waals surface area contributed by atoms with E-state index in [1.807, 2.05) is 4.98 Å². The molecule has 0 radical (unpaired) electrons. The molecular weight excluding hydrogens is 231 g/mol. The number of rotatable bonds is 2. The summed E-state index contributed by atoms with van der Waals surface area (Å²) in [7, 11) is 0. The topological polar surface area (TPSA) is 84.3 Å². The summed E-state index contributed by atoms with van der Waals surface area (Å²) in [6.45, 7) is 1.76. The van der Waals surface area contributed by atoms with Gasteiger partial charge in [0.25, 0.3) is 5.56 Å². The van der Waals surface area contributed by atoms with Crippen molar-refractivity contribution < 1.29 is 14.2 Å². The van der Waals surface area contributed by atoms with Crippen molar-refractivity contribution in [2.45, 2.75) is 31.8 Å². The molecule has 1 saturated heterocycles. The first kappa shape index (κ1) is 12.0. The molecule has 1 aliphatic rings. The number of hydrogen-bond donors (Lipinski definition) is 2. The van der Waals surface area contributed by atoms with Crippen LogP contribution in [0.3, 0.4) is 0 Å². The lowest BCUT2D eigenvalue weighted by molar-refractivity contribution is -0.236. The number of aliphatic hydroxyl groups is 1. The van der Waals surface area contributed by atoms with Crippen molar-refractivity contribution >= 4 is 0 Å². The number of nitrogens with zero attached hydrogens (tertiary/aromatic N) is 1. The van der Waals surface area contributed by atoms with Crippen LogP contribution in [0.5, 0.6) is 0 Å². The minimum atomic E-state index is -2.94. The third kappa shape index (κ3) is 2.03. The zero-order chi connectivity index (χ0) is 12.6. The molecule has 0 spiro atoms. The Morgan fingerprint density at radius 2 is 2.35 bits per heavy atom. The molecule has 0 amide bonds. The second-order valence-corrected chi connectivity index (χ2v) is 4.08. The molecule has 0 bridgehead atoms. The van der Waals surface area contributed by atoms with E-state index in [-0.39, 0.29) is 5.56 Å². The maximum Gasteiger partial charge on any atom is 0.332 e. The highest BCUT2D eigenvalue weighted by molar-refractivity contribution is 5.02. The normalized spacial score (nSPS) is 23.6. The van der Waals surface area contributed by atoms with E-state index in [0.29, 0.717) is 24.0 Å². The summed E-state index contributed by atoms with van der Waals surface area (Å²) in [5, 5.41) is 9.73. The molecule has 0 aliphatic carbocycles. The largest absolute Gasteiger partial charge is 0.370 e. The summed E-state index contributed by atoms with van der Waals surface area (Å²) in [5.41, 5.74) is -1.46. The van der Waals surface area contributed by atoms with Crippen molar-refractivity contribution in [3.05, 3.63) is 32.6 Å². The third-order valence-corrected chi connectivity index (χ3v) is 2.80. The van der Waals surface area contributed by atoms with E-state index in [2.05, 4.69) is 0 Å². The number of aromatic nitrogens is 2. The quantitative estimate of drug-likeness (QED) is 0.741. The fourth-order valence-electron chi connectivity index (χ4n) is 1.82. The standard InChI is InChI=1S/C10H13FN2O4/c1-6-5-13(9(15)12-8(6)14)10(11,16)7-3-2-4-17-7/h5,7,16H,2-4H2,1H3,(H,12,14,15). The fraction of sp³-hybridized carbons (Fsp3) is 0.600. The Kier molecular flexibility index (Phi) is 2.88. The van der Waals surface area contributed by atoms with Crippen LogP contribution in [0.4, 0.5) is 4.39 Å². The average molecular weight is 244 g/mol. The SMILES string of the molecule is Cc1cn(C(O)(F)C2CCCO2)c(=O)[nH]c1=O. The smallest absolute Gasteiger partial charge is 0.332 e. The minimum Gasteiger partial charge on any atom is -0.370 e. The van der Waals surface area contributed by atoms with Gasteiger partial charge >= 0.3 is 11.7 Å². The summed E-state index contributed by atoms with van der Waals surface area (Å²) >= 11 is 0. The van der Waals surface area contributed by atoms with Gasteiger partial charge in [0, 0.05) is 18.4 Å². The number of ether oxygens (including phenoxy) is 1. The van der Waals surface area contributed by atoms with E-state index in [1.54, 1.807) is 0 Å². The lowest BCUT2D eigenvalue weighted by atomic mass is 10.2. The highest BCUT2D eigenvalue weighted by atomic mass is 19.2. The molecule has 1 aromatic rings. The Morgan fingerprint density at radius 3 is 2.94 bits per heavy atom. The monoisotopic (exact) mass is 244 g/mol. The molecule has 2 atom stereocenters. The van der Waals surface area contributed by atoms with Gasteiger partial charge in [0.1, 0.15) is 6.10 Å². The zero-order valence-electron chi connectivity index (χ0n) is 9.27. The van der Waals surface area contributed by atoms with Gasteiger partial charge in [-0.25, -0.2) is 9.36 Å². The number of hydrogen-bond acceptors (Lipinski definition) is 4. The Morgan fingerprint density at radius 1 is 1.65 bits per heavy atom. The number of H-pyrrole nitrogens is 1. The summed E-state index contributed by atoms with van der Waals surface area (Å²) in [4.78, 5) is 24.5. The maximum atomic E-state index is 14.2. The van der Waals surface area contributed by atoms with Gasteiger partial charge in [0.2, 0.25) is 0 Å². The van der Waals surface area contributed by atoms with Crippen molar-refractivity contribution in [2.75, 3.05) is 6.61 Å². The van der Waals surface area contributed by atoms with Crippen molar-refractivity contribution in [2.24, 2.45) is 0 Å². The fourth-order valence-corrected chi connectivity index (χ4v) is 1.82. The molecule has 2 heterocycles. The van der Waals surface area contributed by atoms with Crippen molar-refractivity contribution in [1.29, 1.82) is 0 Å². The first-order valence-corrected chi connectivity index (χ1v) is 5.29. The van der Waals surface area contributed by atoms with E-state index in [0.717, 1.165) is 6.20 Å². The van der Waals surface area contributed by atoms with Gasteiger partial charge in [-0.3, -0.25) is 9.78 Å². The van der Waals surface area contributed by atoms with Crippen LogP contribution in [0.2, 0.25) is 0 Å². The molecule has 2 unspecified atom stereocenters. The maximum absolute atomic E-state index is 14.2. The van der Waals surface area contributed by atoms with E-state index in [9.17, 15) is 19.1 Å². The van der Waals surface area contributed by atoms with Gasteiger partial charge in [0.05, 0.1) is 0 Å².